The van der Waals surface area contributed by atoms with E-state index in [4.69, 9.17) is 4.74 Å². The average molecular weight is 160 g/mol. The summed E-state index contributed by atoms with van der Waals surface area (Å²) in [7, 11) is 0. The number of hydrogen-bond donors (Lipinski definition) is 1. The summed E-state index contributed by atoms with van der Waals surface area (Å²) in [5, 5.41) is -0.133. The first kappa shape index (κ1) is 8.08. The van der Waals surface area contributed by atoms with Crippen LogP contribution in [0.25, 0.3) is 0 Å². The van der Waals surface area contributed by atoms with Gasteiger partial charge < -0.3 is 4.74 Å². The smallest absolute Gasteiger partial charge is 0.150 e. The molecule has 0 N–H and O–H groups in total. The molecule has 1 saturated heterocycles. The fourth-order valence-electron chi connectivity index (χ4n) is 1.10. The molecule has 2 nitrogen and oxygen atoms in total. The molecule has 2 unspecified atom stereocenters. The standard InChI is InChI=1S/C7H12O2S/c1-5(10)7(8)6-2-3-9-4-6/h5-6,10H,2-4H2,1H3. The molecule has 3 heteroatoms. The second-order valence-electron chi connectivity index (χ2n) is 2.64. The highest BCUT2D eigenvalue weighted by atomic mass is 32.1. The van der Waals surface area contributed by atoms with Gasteiger partial charge in [0.05, 0.1) is 11.9 Å². The van der Waals surface area contributed by atoms with Crippen molar-refractivity contribution in [1.82, 2.24) is 0 Å². The Morgan fingerprint density at radius 3 is 2.90 bits per heavy atom. The van der Waals surface area contributed by atoms with Crippen molar-refractivity contribution >= 4 is 18.4 Å². The molecule has 1 aliphatic rings. The fourth-order valence-corrected chi connectivity index (χ4v) is 1.31. The highest BCUT2D eigenvalue weighted by molar-refractivity contribution is 7.81. The summed E-state index contributed by atoms with van der Waals surface area (Å²) in [6.07, 6.45) is 0.879. The zero-order valence-electron chi connectivity index (χ0n) is 6.04. The minimum absolute atomic E-state index is 0.118. The summed E-state index contributed by atoms with van der Waals surface area (Å²) in [5.41, 5.74) is 0. The van der Waals surface area contributed by atoms with Crippen molar-refractivity contribution in [2.24, 2.45) is 5.92 Å². The zero-order chi connectivity index (χ0) is 7.56. The number of rotatable bonds is 2. The van der Waals surface area contributed by atoms with E-state index in [-0.39, 0.29) is 17.0 Å². The Balaban J connectivity index is 2.40. The van der Waals surface area contributed by atoms with E-state index in [0.717, 1.165) is 13.0 Å². The second-order valence-corrected chi connectivity index (χ2v) is 3.41. The highest BCUT2D eigenvalue weighted by Gasteiger charge is 2.25. The fraction of sp³-hybridized carbons (Fsp3) is 0.857. The van der Waals surface area contributed by atoms with Gasteiger partial charge >= 0.3 is 0 Å². The van der Waals surface area contributed by atoms with Crippen molar-refractivity contribution in [1.29, 1.82) is 0 Å². The maximum absolute atomic E-state index is 11.2. The van der Waals surface area contributed by atoms with Crippen LogP contribution >= 0.6 is 12.6 Å². The van der Waals surface area contributed by atoms with Crippen LogP contribution in [0, 0.1) is 5.92 Å². The predicted octanol–water partition coefficient (Wildman–Crippen LogP) is 0.910. The SMILES string of the molecule is CC(S)C(=O)C1CCOC1. The number of ether oxygens (including phenoxy) is 1. The molecule has 0 saturated carbocycles. The molecular weight excluding hydrogens is 148 g/mol. The maximum atomic E-state index is 11.2. The minimum Gasteiger partial charge on any atom is -0.381 e. The van der Waals surface area contributed by atoms with Crippen molar-refractivity contribution in [3.8, 4) is 0 Å². The van der Waals surface area contributed by atoms with Gasteiger partial charge in [-0.05, 0) is 13.3 Å². The number of Topliss-reactive ketones (excluding diaryl/α,β-unsaturated/α-hetero) is 1. The third-order valence-corrected chi connectivity index (χ3v) is 2.00. The van der Waals surface area contributed by atoms with Gasteiger partial charge in [-0.15, -0.1) is 0 Å². The van der Waals surface area contributed by atoms with Crippen molar-refractivity contribution < 1.29 is 9.53 Å². The van der Waals surface area contributed by atoms with Crippen LogP contribution in [0.4, 0.5) is 0 Å². The first-order chi connectivity index (χ1) is 4.72. The van der Waals surface area contributed by atoms with Crippen molar-refractivity contribution in [2.45, 2.75) is 18.6 Å². The van der Waals surface area contributed by atoms with Gasteiger partial charge in [-0.1, -0.05) is 0 Å². The van der Waals surface area contributed by atoms with Crippen LogP contribution in [0.1, 0.15) is 13.3 Å². The van der Waals surface area contributed by atoms with Gasteiger partial charge in [0.1, 0.15) is 0 Å². The van der Waals surface area contributed by atoms with E-state index in [1.54, 1.807) is 0 Å². The molecule has 2 atom stereocenters. The van der Waals surface area contributed by atoms with Crippen LogP contribution in [0.15, 0.2) is 0 Å². The van der Waals surface area contributed by atoms with Crippen LogP contribution in [0.5, 0.6) is 0 Å². The van der Waals surface area contributed by atoms with E-state index in [9.17, 15) is 4.79 Å². The molecule has 0 radical (unpaired) electrons. The van der Waals surface area contributed by atoms with Crippen LogP contribution in [0.3, 0.4) is 0 Å². The topological polar surface area (TPSA) is 26.3 Å². The molecule has 0 aliphatic carbocycles. The molecular formula is C7H12O2S. The second kappa shape index (κ2) is 3.39. The van der Waals surface area contributed by atoms with Gasteiger partial charge in [-0.3, -0.25) is 4.79 Å². The van der Waals surface area contributed by atoms with Gasteiger partial charge in [0.25, 0.3) is 0 Å². The summed E-state index contributed by atoms with van der Waals surface area (Å²) >= 11 is 4.06. The molecule has 0 aromatic heterocycles. The Kier molecular flexibility index (Phi) is 2.74. The maximum Gasteiger partial charge on any atom is 0.150 e. The summed E-state index contributed by atoms with van der Waals surface area (Å²) < 4.78 is 5.07. The Morgan fingerprint density at radius 2 is 2.50 bits per heavy atom. The molecule has 0 aromatic carbocycles. The number of carbonyl (C=O) groups excluding carboxylic acids is 1. The average Bonchev–Trinajstić information content (AvgIpc) is 2.36. The number of hydrogen-bond acceptors (Lipinski definition) is 3. The molecule has 58 valence electrons. The largest absolute Gasteiger partial charge is 0.381 e. The third kappa shape index (κ3) is 1.73. The Morgan fingerprint density at radius 1 is 1.80 bits per heavy atom. The van der Waals surface area contributed by atoms with Crippen molar-refractivity contribution in [3.05, 3.63) is 0 Å². The summed E-state index contributed by atoms with van der Waals surface area (Å²) in [4.78, 5) is 11.2. The molecule has 0 aromatic rings. The van der Waals surface area contributed by atoms with Crippen LogP contribution in [-0.2, 0) is 9.53 Å². The molecule has 0 amide bonds. The van der Waals surface area contributed by atoms with E-state index in [2.05, 4.69) is 12.6 Å². The molecule has 0 bridgehead atoms. The van der Waals surface area contributed by atoms with E-state index in [1.165, 1.54) is 0 Å². The molecule has 1 rings (SSSR count). The summed E-state index contributed by atoms with van der Waals surface area (Å²) in [6.45, 7) is 3.14. The Labute approximate surface area is 66.4 Å². The molecule has 1 fully saturated rings. The van der Waals surface area contributed by atoms with Crippen LogP contribution < -0.4 is 0 Å². The van der Waals surface area contributed by atoms with Gasteiger partial charge in [0.15, 0.2) is 5.78 Å². The number of thiol groups is 1. The highest BCUT2D eigenvalue weighted by Crippen LogP contribution is 2.16. The van der Waals surface area contributed by atoms with Gasteiger partial charge in [0.2, 0.25) is 0 Å². The third-order valence-electron chi connectivity index (χ3n) is 1.74. The lowest BCUT2D eigenvalue weighted by Gasteiger charge is -2.07. The van der Waals surface area contributed by atoms with Gasteiger partial charge in [-0.25, -0.2) is 0 Å². The van der Waals surface area contributed by atoms with E-state index in [0.29, 0.717) is 6.61 Å². The lowest BCUT2D eigenvalue weighted by Crippen LogP contribution is -2.21. The molecule has 10 heavy (non-hydrogen) atoms. The minimum atomic E-state index is -0.133. The van der Waals surface area contributed by atoms with Crippen molar-refractivity contribution in [3.63, 3.8) is 0 Å². The van der Waals surface area contributed by atoms with E-state index < -0.39 is 0 Å². The first-order valence-electron chi connectivity index (χ1n) is 3.51. The molecule has 1 heterocycles. The van der Waals surface area contributed by atoms with E-state index >= 15 is 0 Å². The zero-order valence-corrected chi connectivity index (χ0v) is 6.93. The molecule has 1 aliphatic heterocycles. The predicted molar refractivity (Wildman–Crippen MR) is 42.4 cm³/mol. The monoisotopic (exact) mass is 160 g/mol. The first-order valence-corrected chi connectivity index (χ1v) is 4.03. The Hall–Kier alpha value is -0.0200. The van der Waals surface area contributed by atoms with Crippen LogP contribution in [-0.4, -0.2) is 24.2 Å². The van der Waals surface area contributed by atoms with Gasteiger partial charge in [-0.2, -0.15) is 12.6 Å². The number of ketones is 1. The van der Waals surface area contributed by atoms with E-state index in [1.807, 2.05) is 6.92 Å². The summed E-state index contributed by atoms with van der Waals surface area (Å²) in [6, 6.07) is 0. The quantitative estimate of drug-likeness (QED) is 0.608. The van der Waals surface area contributed by atoms with Crippen LogP contribution in [0.2, 0.25) is 0 Å². The molecule has 0 spiro atoms. The Bertz CT molecular complexity index is 128. The lowest BCUT2D eigenvalue weighted by molar-refractivity contribution is -0.121. The number of carbonyl (C=O) groups is 1. The lowest BCUT2D eigenvalue weighted by atomic mass is 10.0. The van der Waals surface area contributed by atoms with Gasteiger partial charge in [0, 0.05) is 12.5 Å². The summed E-state index contributed by atoms with van der Waals surface area (Å²) in [5.74, 6) is 0.341. The normalized spacial score (nSPS) is 28.4. The van der Waals surface area contributed by atoms with Crippen molar-refractivity contribution in [2.75, 3.05) is 13.2 Å².